The lowest BCUT2D eigenvalue weighted by atomic mass is 9.49. The molecule has 4 bridgehead atoms. The molecule has 4 aliphatic rings. The highest BCUT2D eigenvalue weighted by atomic mass is 14.9. The average Bonchev–Trinajstić information content (AvgIpc) is 2.21. The number of nitrogens with one attached hydrogen (secondary N) is 1. The highest BCUT2D eigenvalue weighted by Crippen LogP contribution is 2.60. The van der Waals surface area contributed by atoms with Crippen LogP contribution in [0.4, 0.5) is 0 Å². The molecule has 0 aromatic carbocycles. The summed E-state index contributed by atoms with van der Waals surface area (Å²) in [5.74, 6) is 3.20. The van der Waals surface area contributed by atoms with E-state index in [0.29, 0.717) is 5.41 Å². The first-order valence-electron chi connectivity index (χ1n) is 7.87. The van der Waals surface area contributed by atoms with Gasteiger partial charge in [-0.15, -0.1) is 0 Å². The molecular weight excluding hydrogens is 218 g/mol. The smallest absolute Gasteiger partial charge is 0.0139 e. The van der Waals surface area contributed by atoms with Crippen molar-refractivity contribution in [3.63, 3.8) is 0 Å². The lowest BCUT2D eigenvalue weighted by Gasteiger charge is -2.56. The molecule has 0 saturated heterocycles. The molecule has 0 atom stereocenters. The predicted octanol–water partition coefficient (Wildman–Crippen LogP) is 4.15. The van der Waals surface area contributed by atoms with E-state index in [0.717, 1.165) is 24.3 Å². The largest absolute Gasteiger partial charge is 0.309 e. The van der Waals surface area contributed by atoms with Gasteiger partial charge in [0.1, 0.15) is 0 Å². The Hall–Kier alpha value is -0.300. The molecule has 4 fully saturated rings. The van der Waals surface area contributed by atoms with Gasteiger partial charge in [-0.2, -0.15) is 0 Å². The van der Waals surface area contributed by atoms with Crippen LogP contribution in [0.1, 0.15) is 59.3 Å². The lowest BCUT2D eigenvalue weighted by molar-refractivity contribution is -0.0238. The maximum Gasteiger partial charge on any atom is 0.0139 e. The number of hydrogen-bond donors (Lipinski definition) is 1. The lowest BCUT2D eigenvalue weighted by Crippen LogP contribution is -2.45. The van der Waals surface area contributed by atoms with E-state index in [-0.39, 0.29) is 5.54 Å². The van der Waals surface area contributed by atoms with Crippen LogP contribution in [0.15, 0.2) is 12.2 Å². The Morgan fingerprint density at radius 2 is 1.50 bits per heavy atom. The molecular formula is C17H29N. The third-order valence-corrected chi connectivity index (χ3v) is 5.31. The molecule has 0 aromatic heterocycles. The Bertz CT molecular complexity index is 299. The predicted molar refractivity (Wildman–Crippen MR) is 77.5 cm³/mol. The van der Waals surface area contributed by atoms with Crippen LogP contribution in [0.5, 0.6) is 0 Å². The molecule has 4 aliphatic carbocycles. The molecule has 0 aromatic rings. The van der Waals surface area contributed by atoms with Gasteiger partial charge in [-0.3, -0.25) is 0 Å². The first-order valence-corrected chi connectivity index (χ1v) is 7.87. The van der Waals surface area contributed by atoms with Gasteiger partial charge in [-0.1, -0.05) is 12.2 Å². The van der Waals surface area contributed by atoms with Crippen LogP contribution in [0.25, 0.3) is 0 Å². The van der Waals surface area contributed by atoms with Gasteiger partial charge in [0.25, 0.3) is 0 Å². The molecule has 0 spiro atoms. The summed E-state index contributed by atoms with van der Waals surface area (Å²) in [5.41, 5.74) is 0.847. The molecule has 1 N–H and O–H groups in total. The summed E-state index contributed by atoms with van der Waals surface area (Å²) in [6.07, 6.45) is 14.1. The molecule has 0 heterocycles. The summed E-state index contributed by atoms with van der Waals surface area (Å²) >= 11 is 0. The fourth-order valence-electron chi connectivity index (χ4n) is 5.06. The second-order valence-electron chi connectivity index (χ2n) is 8.31. The van der Waals surface area contributed by atoms with Crippen LogP contribution in [0.2, 0.25) is 0 Å². The van der Waals surface area contributed by atoms with Crippen molar-refractivity contribution in [2.24, 2.45) is 23.2 Å². The second kappa shape index (κ2) is 4.37. The fraction of sp³-hybridized carbons (Fsp3) is 0.882. The Morgan fingerprint density at radius 1 is 1.00 bits per heavy atom. The molecule has 1 nitrogen and oxygen atoms in total. The minimum Gasteiger partial charge on any atom is -0.309 e. The number of rotatable bonds is 3. The van der Waals surface area contributed by atoms with Gasteiger partial charge in [0.15, 0.2) is 0 Å². The van der Waals surface area contributed by atoms with Crippen molar-refractivity contribution in [3.05, 3.63) is 12.2 Å². The monoisotopic (exact) mass is 247 g/mol. The van der Waals surface area contributed by atoms with Gasteiger partial charge in [-0.25, -0.2) is 0 Å². The van der Waals surface area contributed by atoms with Crippen LogP contribution >= 0.6 is 0 Å². The van der Waals surface area contributed by atoms with E-state index < -0.39 is 0 Å². The third kappa shape index (κ3) is 2.66. The SMILES string of the molecule is CC(C)(C)NC/C=C/C12CC3CC(CC(C3)C1)C2. The molecule has 18 heavy (non-hydrogen) atoms. The molecule has 0 amide bonds. The zero-order valence-electron chi connectivity index (χ0n) is 12.3. The van der Waals surface area contributed by atoms with Crippen molar-refractivity contribution in [2.75, 3.05) is 6.54 Å². The van der Waals surface area contributed by atoms with Gasteiger partial charge in [0.05, 0.1) is 0 Å². The molecule has 0 aliphatic heterocycles. The third-order valence-electron chi connectivity index (χ3n) is 5.31. The van der Waals surface area contributed by atoms with E-state index in [4.69, 9.17) is 0 Å². The van der Waals surface area contributed by atoms with E-state index in [9.17, 15) is 0 Å². The van der Waals surface area contributed by atoms with Crippen molar-refractivity contribution in [1.82, 2.24) is 5.32 Å². The van der Waals surface area contributed by atoms with Crippen LogP contribution in [-0.4, -0.2) is 12.1 Å². The van der Waals surface area contributed by atoms with Gasteiger partial charge in [0.2, 0.25) is 0 Å². The maximum atomic E-state index is 3.57. The van der Waals surface area contributed by atoms with Crippen molar-refractivity contribution >= 4 is 0 Å². The van der Waals surface area contributed by atoms with E-state index in [2.05, 4.69) is 38.2 Å². The standard InChI is InChI=1S/C17H29N/c1-16(2,3)18-6-4-5-17-10-13-7-14(11-17)9-15(8-13)12-17/h4-5,13-15,18H,6-12H2,1-3H3/b5-4+. The van der Waals surface area contributed by atoms with Gasteiger partial charge in [0, 0.05) is 12.1 Å². The average molecular weight is 247 g/mol. The maximum absolute atomic E-state index is 3.57. The minimum absolute atomic E-state index is 0.242. The van der Waals surface area contributed by atoms with Crippen LogP contribution in [-0.2, 0) is 0 Å². The molecule has 1 heteroatoms. The molecule has 0 radical (unpaired) electrons. The Balaban J connectivity index is 1.60. The molecule has 0 unspecified atom stereocenters. The summed E-state index contributed by atoms with van der Waals surface area (Å²) in [6.45, 7) is 7.76. The van der Waals surface area contributed by atoms with Crippen LogP contribution < -0.4 is 5.32 Å². The molecule has 4 rings (SSSR count). The van der Waals surface area contributed by atoms with E-state index in [1.807, 2.05) is 0 Å². The Labute approximate surface area is 112 Å². The zero-order chi connectivity index (χ0) is 12.8. The highest BCUT2D eigenvalue weighted by Gasteiger charge is 2.49. The van der Waals surface area contributed by atoms with Gasteiger partial charge >= 0.3 is 0 Å². The normalized spacial score (nSPS) is 42.9. The Morgan fingerprint density at radius 3 is 1.94 bits per heavy atom. The van der Waals surface area contributed by atoms with Crippen molar-refractivity contribution in [1.29, 1.82) is 0 Å². The summed E-state index contributed by atoms with van der Waals surface area (Å²) in [4.78, 5) is 0. The van der Waals surface area contributed by atoms with Crippen molar-refractivity contribution < 1.29 is 0 Å². The quantitative estimate of drug-likeness (QED) is 0.739. The van der Waals surface area contributed by atoms with E-state index >= 15 is 0 Å². The Kier molecular flexibility index (Phi) is 3.09. The number of allylic oxidation sites excluding steroid dienone is 1. The van der Waals surface area contributed by atoms with Crippen LogP contribution in [0.3, 0.4) is 0 Å². The van der Waals surface area contributed by atoms with Crippen molar-refractivity contribution in [3.8, 4) is 0 Å². The summed E-state index contributed by atoms with van der Waals surface area (Å²) in [5, 5.41) is 3.57. The first-order chi connectivity index (χ1) is 8.44. The minimum atomic E-state index is 0.242. The summed E-state index contributed by atoms with van der Waals surface area (Å²) in [6, 6.07) is 0. The highest BCUT2D eigenvalue weighted by molar-refractivity contribution is 5.11. The number of hydrogen-bond acceptors (Lipinski definition) is 1. The second-order valence-corrected chi connectivity index (χ2v) is 8.31. The topological polar surface area (TPSA) is 12.0 Å². The van der Waals surface area contributed by atoms with Crippen LogP contribution in [0, 0.1) is 23.2 Å². The van der Waals surface area contributed by atoms with Gasteiger partial charge in [-0.05, 0) is 82.5 Å². The zero-order valence-corrected chi connectivity index (χ0v) is 12.3. The first kappa shape index (κ1) is 12.7. The molecule has 102 valence electrons. The van der Waals surface area contributed by atoms with E-state index in [1.54, 1.807) is 19.3 Å². The summed E-state index contributed by atoms with van der Waals surface area (Å²) < 4.78 is 0. The summed E-state index contributed by atoms with van der Waals surface area (Å²) in [7, 11) is 0. The van der Waals surface area contributed by atoms with Crippen molar-refractivity contribution in [2.45, 2.75) is 64.8 Å². The molecule has 4 saturated carbocycles. The van der Waals surface area contributed by atoms with E-state index in [1.165, 1.54) is 19.3 Å². The van der Waals surface area contributed by atoms with Gasteiger partial charge < -0.3 is 5.32 Å². The fourth-order valence-corrected chi connectivity index (χ4v) is 5.06.